The second kappa shape index (κ2) is 8.48. The number of nitrogens with zero attached hydrogens (tertiary/aromatic N) is 2. The molecule has 0 saturated heterocycles. The van der Waals surface area contributed by atoms with Crippen molar-refractivity contribution in [3.63, 3.8) is 0 Å². The van der Waals surface area contributed by atoms with E-state index in [2.05, 4.69) is 96.1 Å². The van der Waals surface area contributed by atoms with Crippen LogP contribution in [0.3, 0.4) is 0 Å². The first kappa shape index (κ1) is 20.3. The van der Waals surface area contributed by atoms with Crippen molar-refractivity contribution >= 4 is 21.8 Å². The summed E-state index contributed by atoms with van der Waals surface area (Å²) in [5.74, 6) is 0.867. The van der Waals surface area contributed by atoms with Crippen molar-refractivity contribution in [2.24, 2.45) is 7.05 Å². The van der Waals surface area contributed by atoms with Gasteiger partial charge in [-0.05, 0) is 58.7 Å². The molecule has 0 radical (unpaired) electrons. The maximum atomic E-state index is 5.67. The summed E-state index contributed by atoms with van der Waals surface area (Å²) >= 11 is 0. The minimum absolute atomic E-state index is 0.233. The molecule has 0 bridgehead atoms. The number of methoxy groups -OCH3 is 1. The van der Waals surface area contributed by atoms with Gasteiger partial charge in [-0.1, -0.05) is 54.6 Å². The Morgan fingerprint density at radius 1 is 0.969 bits per heavy atom. The highest BCUT2D eigenvalue weighted by atomic mass is 16.5. The predicted octanol–water partition coefficient (Wildman–Crippen LogP) is 6.25. The molecular weight excluding hydrogens is 394 g/mol. The number of aryl methyl sites for hydroxylation is 1. The number of hydrogen-bond donors (Lipinski definition) is 1. The molecule has 5 rings (SSSR count). The average Bonchev–Trinajstić information content (AvgIpc) is 3.22. The van der Waals surface area contributed by atoms with Gasteiger partial charge in [0.25, 0.3) is 0 Å². The summed E-state index contributed by atoms with van der Waals surface area (Å²) in [4.78, 5) is 4.51. The highest BCUT2D eigenvalue weighted by Gasteiger charge is 2.12. The molecule has 0 saturated carbocycles. The number of nitrogens with one attached hydrogen (secondary N) is 1. The zero-order valence-electron chi connectivity index (χ0n) is 18.7. The summed E-state index contributed by atoms with van der Waals surface area (Å²) in [5.41, 5.74) is 6.83. The van der Waals surface area contributed by atoms with E-state index in [4.69, 9.17) is 4.74 Å². The smallest absolute Gasteiger partial charge is 0.126 e. The van der Waals surface area contributed by atoms with E-state index in [1.165, 1.54) is 21.9 Å². The number of rotatable bonds is 6. The van der Waals surface area contributed by atoms with Crippen molar-refractivity contribution in [1.29, 1.82) is 0 Å². The molecule has 4 nitrogen and oxygen atoms in total. The Labute approximate surface area is 188 Å². The standard InChI is InChI=1S/C28H27N3O/c1-19(23-10-6-8-21-7-4-5-9-24(21)23)29-17-20-11-14-28(32-3)25(15-20)22-12-13-27-26(16-22)30-18-31(27)2/h4-16,18-19,29H,17H2,1-3H3. The van der Waals surface area contributed by atoms with Crippen molar-refractivity contribution in [3.05, 3.63) is 96.3 Å². The molecule has 160 valence electrons. The third kappa shape index (κ3) is 3.74. The largest absolute Gasteiger partial charge is 0.496 e. The van der Waals surface area contributed by atoms with E-state index in [9.17, 15) is 0 Å². The Hall–Kier alpha value is -3.63. The highest BCUT2D eigenvalue weighted by molar-refractivity contribution is 5.86. The summed E-state index contributed by atoms with van der Waals surface area (Å²) in [7, 11) is 3.73. The van der Waals surface area contributed by atoms with E-state index in [0.717, 1.165) is 34.5 Å². The Bertz CT molecular complexity index is 1400. The molecule has 0 aliphatic rings. The fourth-order valence-electron chi connectivity index (χ4n) is 4.40. The van der Waals surface area contributed by atoms with Gasteiger partial charge in [-0.25, -0.2) is 4.98 Å². The van der Waals surface area contributed by atoms with Gasteiger partial charge in [-0.15, -0.1) is 0 Å². The Kier molecular flexibility index (Phi) is 5.38. The predicted molar refractivity (Wildman–Crippen MR) is 132 cm³/mol. The van der Waals surface area contributed by atoms with E-state index in [1.54, 1.807) is 7.11 Å². The first-order chi connectivity index (χ1) is 15.6. The maximum Gasteiger partial charge on any atom is 0.126 e. The topological polar surface area (TPSA) is 39.1 Å². The molecule has 4 heteroatoms. The van der Waals surface area contributed by atoms with Gasteiger partial charge in [0.1, 0.15) is 5.75 Å². The molecular formula is C28H27N3O. The van der Waals surface area contributed by atoms with Gasteiger partial charge in [-0.3, -0.25) is 0 Å². The lowest BCUT2D eigenvalue weighted by atomic mass is 9.99. The van der Waals surface area contributed by atoms with Crippen LogP contribution in [0.1, 0.15) is 24.1 Å². The number of aromatic nitrogens is 2. The van der Waals surface area contributed by atoms with E-state index in [-0.39, 0.29) is 6.04 Å². The number of fused-ring (bicyclic) bond motifs is 2. The zero-order valence-corrected chi connectivity index (χ0v) is 18.7. The number of hydrogen-bond acceptors (Lipinski definition) is 3. The van der Waals surface area contributed by atoms with Crippen LogP contribution >= 0.6 is 0 Å². The SMILES string of the molecule is COc1ccc(CNC(C)c2cccc3ccccc23)cc1-c1ccc2c(c1)ncn2C. The average molecular weight is 422 g/mol. The summed E-state index contributed by atoms with van der Waals surface area (Å²) in [6, 6.07) is 28.1. The Morgan fingerprint density at radius 2 is 1.81 bits per heavy atom. The van der Waals surface area contributed by atoms with E-state index >= 15 is 0 Å². The summed E-state index contributed by atoms with van der Waals surface area (Å²) in [5, 5.41) is 6.27. The molecule has 1 atom stereocenters. The van der Waals surface area contributed by atoms with E-state index < -0.39 is 0 Å². The lowest BCUT2D eigenvalue weighted by Crippen LogP contribution is -2.18. The van der Waals surface area contributed by atoms with Gasteiger partial charge in [0.2, 0.25) is 0 Å². The minimum Gasteiger partial charge on any atom is -0.496 e. The second-order valence-corrected chi connectivity index (χ2v) is 8.26. The molecule has 0 aliphatic carbocycles. The normalized spacial score (nSPS) is 12.3. The van der Waals surface area contributed by atoms with Crippen LogP contribution in [0.25, 0.3) is 32.9 Å². The molecule has 0 spiro atoms. The van der Waals surface area contributed by atoms with Crippen LogP contribution in [0.4, 0.5) is 0 Å². The maximum absolute atomic E-state index is 5.67. The van der Waals surface area contributed by atoms with E-state index in [1.807, 2.05) is 17.9 Å². The zero-order chi connectivity index (χ0) is 22.1. The van der Waals surface area contributed by atoms with Gasteiger partial charge in [0, 0.05) is 25.2 Å². The van der Waals surface area contributed by atoms with Gasteiger partial charge in [-0.2, -0.15) is 0 Å². The lowest BCUT2D eigenvalue weighted by molar-refractivity contribution is 0.416. The molecule has 4 aromatic carbocycles. The first-order valence-corrected chi connectivity index (χ1v) is 10.9. The number of ether oxygens (including phenoxy) is 1. The Morgan fingerprint density at radius 3 is 2.69 bits per heavy atom. The highest BCUT2D eigenvalue weighted by Crippen LogP contribution is 2.33. The molecule has 0 amide bonds. The van der Waals surface area contributed by atoms with Gasteiger partial charge < -0.3 is 14.6 Å². The van der Waals surface area contributed by atoms with Crippen molar-refractivity contribution in [2.75, 3.05) is 7.11 Å². The molecule has 1 unspecified atom stereocenters. The fourth-order valence-corrected chi connectivity index (χ4v) is 4.40. The van der Waals surface area contributed by atoms with Gasteiger partial charge in [0.15, 0.2) is 0 Å². The van der Waals surface area contributed by atoms with Crippen molar-refractivity contribution in [3.8, 4) is 16.9 Å². The van der Waals surface area contributed by atoms with Crippen LogP contribution in [0.2, 0.25) is 0 Å². The molecule has 1 N–H and O–H groups in total. The quantitative estimate of drug-likeness (QED) is 0.352. The third-order valence-electron chi connectivity index (χ3n) is 6.20. The van der Waals surface area contributed by atoms with Crippen molar-refractivity contribution < 1.29 is 4.74 Å². The third-order valence-corrected chi connectivity index (χ3v) is 6.20. The summed E-state index contributed by atoms with van der Waals surface area (Å²) < 4.78 is 7.70. The van der Waals surface area contributed by atoms with Crippen LogP contribution in [0.5, 0.6) is 5.75 Å². The molecule has 0 fully saturated rings. The molecule has 5 aromatic rings. The van der Waals surface area contributed by atoms with Crippen molar-refractivity contribution in [1.82, 2.24) is 14.9 Å². The summed E-state index contributed by atoms with van der Waals surface area (Å²) in [6.07, 6.45) is 1.85. The first-order valence-electron chi connectivity index (χ1n) is 10.9. The van der Waals surface area contributed by atoms with Crippen LogP contribution < -0.4 is 10.1 Å². The molecule has 1 heterocycles. The fraction of sp³-hybridized carbons (Fsp3) is 0.179. The minimum atomic E-state index is 0.233. The molecule has 32 heavy (non-hydrogen) atoms. The Balaban J connectivity index is 1.42. The van der Waals surface area contributed by atoms with Gasteiger partial charge in [0.05, 0.1) is 24.5 Å². The second-order valence-electron chi connectivity index (χ2n) is 8.26. The summed E-state index contributed by atoms with van der Waals surface area (Å²) in [6.45, 7) is 2.99. The number of benzene rings is 4. The van der Waals surface area contributed by atoms with Gasteiger partial charge >= 0.3 is 0 Å². The van der Waals surface area contributed by atoms with E-state index in [0.29, 0.717) is 0 Å². The molecule has 1 aromatic heterocycles. The van der Waals surface area contributed by atoms with Crippen molar-refractivity contribution in [2.45, 2.75) is 19.5 Å². The van der Waals surface area contributed by atoms with Crippen LogP contribution in [-0.4, -0.2) is 16.7 Å². The lowest BCUT2D eigenvalue weighted by Gasteiger charge is -2.18. The monoisotopic (exact) mass is 421 g/mol. The number of imidazole rings is 1. The van der Waals surface area contributed by atoms with Crippen LogP contribution in [0.15, 0.2) is 85.2 Å². The molecule has 0 aliphatic heterocycles. The van der Waals surface area contributed by atoms with Crippen LogP contribution in [-0.2, 0) is 13.6 Å². The van der Waals surface area contributed by atoms with Crippen LogP contribution in [0, 0.1) is 0 Å².